The van der Waals surface area contributed by atoms with E-state index in [2.05, 4.69) is 5.32 Å². The Kier molecular flexibility index (Phi) is 4.84. The fraction of sp³-hybridized carbons (Fsp3) is 0.571. The lowest BCUT2D eigenvalue weighted by atomic mass is 9.83. The first-order valence-corrected chi connectivity index (χ1v) is 6.78. The van der Waals surface area contributed by atoms with Gasteiger partial charge < -0.3 is 10.4 Å². The van der Waals surface area contributed by atoms with Crippen LogP contribution in [0.25, 0.3) is 0 Å². The van der Waals surface area contributed by atoms with E-state index < -0.39 is 6.10 Å². The second-order valence-electron chi connectivity index (χ2n) is 4.86. The van der Waals surface area contributed by atoms with Gasteiger partial charge >= 0.3 is 0 Å². The summed E-state index contributed by atoms with van der Waals surface area (Å²) in [6.45, 7) is 1.63. The normalized spacial score (nSPS) is 17.8. The van der Waals surface area contributed by atoms with E-state index in [1.54, 1.807) is 0 Å². The number of aliphatic hydroxyl groups excluding tert-OH is 1. The highest BCUT2D eigenvalue weighted by atomic mass is 35.5. The molecule has 1 aliphatic carbocycles. The number of hydrogen-bond acceptors (Lipinski definition) is 2. The fourth-order valence-corrected chi connectivity index (χ4v) is 2.26. The Labute approximate surface area is 108 Å². The monoisotopic (exact) mass is 253 g/mol. The first kappa shape index (κ1) is 12.9. The maximum absolute atomic E-state index is 9.94. The van der Waals surface area contributed by atoms with Crippen molar-refractivity contribution in [1.29, 1.82) is 0 Å². The van der Waals surface area contributed by atoms with Gasteiger partial charge in [-0.1, -0.05) is 43.0 Å². The summed E-state index contributed by atoms with van der Waals surface area (Å²) in [5, 5.41) is 14.0. The Morgan fingerprint density at radius 3 is 2.59 bits per heavy atom. The average Bonchev–Trinajstić information content (AvgIpc) is 2.27. The minimum absolute atomic E-state index is 0.436. The Bertz CT molecular complexity index is 335. The minimum atomic E-state index is -0.436. The summed E-state index contributed by atoms with van der Waals surface area (Å²) in [5.74, 6) is 0.926. The summed E-state index contributed by atoms with van der Waals surface area (Å²) >= 11 is 5.80. The van der Waals surface area contributed by atoms with Crippen LogP contribution in [0, 0.1) is 5.92 Å². The van der Waals surface area contributed by atoms with E-state index >= 15 is 0 Å². The summed E-state index contributed by atoms with van der Waals surface area (Å²) in [6, 6.07) is 7.38. The molecule has 0 aromatic heterocycles. The molecule has 1 atom stereocenters. The molecule has 17 heavy (non-hydrogen) atoms. The van der Waals surface area contributed by atoms with Crippen molar-refractivity contribution >= 4 is 11.6 Å². The molecule has 3 heteroatoms. The van der Waals surface area contributed by atoms with Gasteiger partial charge in [-0.2, -0.15) is 0 Å². The third kappa shape index (κ3) is 3.98. The molecule has 2 rings (SSSR count). The molecule has 2 N–H and O–H groups in total. The van der Waals surface area contributed by atoms with Crippen molar-refractivity contribution < 1.29 is 5.11 Å². The van der Waals surface area contributed by atoms with E-state index in [0.717, 1.165) is 18.0 Å². The number of halogens is 1. The molecule has 0 bridgehead atoms. The molecule has 0 radical (unpaired) electrons. The first-order valence-electron chi connectivity index (χ1n) is 6.40. The second kappa shape index (κ2) is 6.39. The zero-order valence-corrected chi connectivity index (χ0v) is 10.8. The molecule has 2 nitrogen and oxygen atoms in total. The van der Waals surface area contributed by atoms with Crippen molar-refractivity contribution in [3.8, 4) is 0 Å². The number of hydrogen-bond donors (Lipinski definition) is 2. The van der Waals surface area contributed by atoms with Gasteiger partial charge in [0.1, 0.15) is 0 Å². The Hall–Kier alpha value is -0.570. The van der Waals surface area contributed by atoms with Crippen LogP contribution in [-0.4, -0.2) is 18.2 Å². The smallest absolute Gasteiger partial charge is 0.0914 e. The number of nitrogens with one attached hydrogen (secondary N) is 1. The quantitative estimate of drug-likeness (QED) is 0.764. The van der Waals surface area contributed by atoms with Gasteiger partial charge in [0.25, 0.3) is 0 Å². The standard InChI is InChI=1S/C14H20ClNO/c15-13-6-4-12(5-7-13)14(17)10-16-9-8-11-2-1-3-11/h4-7,11,14,16-17H,1-3,8-10H2. The van der Waals surface area contributed by atoms with Gasteiger partial charge in [0.15, 0.2) is 0 Å². The topological polar surface area (TPSA) is 32.3 Å². The zero-order chi connectivity index (χ0) is 12.1. The predicted molar refractivity (Wildman–Crippen MR) is 71.2 cm³/mol. The van der Waals surface area contributed by atoms with Crippen LogP contribution in [0.3, 0.4) is 0 Å². The van der Waals surface area contributed by atoms with Crippen LogP contribution < -0.4 is 5.32 Å². The third-order valence-electron chi connectivity index (χ3n) is 3.55. The van der Waals surface area contributed by atoms with Gasteiger partial charge in [-0.25, -0.2) is 0 Å². The molecule has 94 valence electrons. The maximum atomic E-state index is 9.94. The lowest BCUT2D eigenvalue weighted by molar-refractivity contribution is 0.172. The van der Waals surface area contributed by atoms with E-state index in [-0.39, 0.29) is 0 Å². The van der Waals surface area contributed by atoms with Crippen molar-refractivity contribution in [2.75, 3.05) is 13.1 Å². The van der Waals surface area contributed by atoms with Crippen LogP contribution >= 0.6 is 11.6 Å². The third-order valence-corrected chi connectivity index (χ3v) is 3.80. The Balaban J connectivity index is 1.65. The SMILES string of the molecule is OC(CNCCC1CCC1)c1ccc(Cl)cc1. The van der Waals surface area contributed by atoms with E-state index in [1.807, 2.05) is 24.3 Å². The van der Waals surface area contributed by atoms with Gasteiger partial charge in [-0.05, 0) is 36.6 Å². The molecular weight excluding hydrogens is 234 g/mol. The van der Waals surface area contributed by atoms with Crippen LogP contribution in [0.4, 0.5) is 0 Å². The van der Waals surface area contributed by atoms with Gasteiger partial charge in [-0.15, -0.1) is 0 Å². The van der Waals surface area contributed by atoms with Crippen LogP contribution in [0.1, 0.15) is 37.4 Å². The first-order chi connectivity index (χ1) is 8.25. The predicted octanol–water partition coefficient (Wildman–Crippen LogP) is 3.15. The molecule has 1 saturated carbocycles. The Morgan fingerprint density at radius 2 is 2.00 bits per heavy atom. The maximum Gasteiger partial charge on any atom is 0.0914 e. The van der Waals surface area contributed by atoms with E-state index in [4.69, 9.17) is 11.6 Å². The number of rotatable bonds is 6. The van der Waals surface area contributed by atoms with Crippen LogP contribution in [0.5, 0.6) is 0 Å². The van der Waals surface area contributed by atoms with E-state index in [1.165, 1.54) is 25.7 Å². The molecule has 0 aliphatic heterocycles. The molecule has 0 amide bonds. The molecular formula is C14H20ClNO. The van der Waals surface area contributed by atoms with Crippen LogP contribution in [-0.2, 0) is 0 Å². The molecule has 1 aromatic rings. The molecule has 0 spiro atoms. The summed E-state index contributed by atoms with van der Waals surface area (Å²) < 4.78 is 0. The highest BCUT2D eigenvalue weighted by molar-refractivity contribution is 6.30. The molecule has 1 unspecified atom stereocenters. The highest BCUT2D eigenvalue weighted by Gasteiger charge is 2.16. The van der Waals surface area contributed by atoms with Crippen molar-refractivity contribution in [3.05, 3.63) is 34.9 Å². The summed E-state index contributed by atoms with van der Waals surface area (Å²) in [4.78, 5) is 0. The summed E-state index contributed by atoms with van der Waals surface area (Å²) in [5.41, 5.74) is 0.922. The highest BCUT2D eigenvalue weighted by Crippen LogP contribution is 2.28. The van der Waals surface area contributed by atoms with Crippen LogP contribution in [0.2, 0.25) is 5.02 Å². The lowest BCUT2D eigenvalue weighted by Gasteiger charge is -2.25. The van der Waals surface area contributed by atoms with E-state index in [0.29, 0.717) is 11.6 Å². The van der Waals surface area contributed by atoms with Gasteiger partial charge in [0.2, 0.25) is 0 Å². The van der Waals surface area contributed by atoms with Crippen molar-refractivity contribution in [1.82, 2.24) is 5.32 Å². The molecule has 1 fully saturated rings. The number of aliphatic hydroxyl groups is 1. The van der Waals surface area contributed by atoms with Crippen LogP contribution in [0.15, 0.2) is 24.3 Å². The molecule has 1 aromatic carbocycles. The minimum Gasteiger partial charge on any atom is -0.387 e. The largest absolute Gasteiger partial charge is 0.387 e. The summed E-state index contributed by atoms with van der Waals surface area (Å²) in [6.07, 6.45) is 4.99. The van der Waals surface area contributed by atoms with Crippen molar-refractivity contribution in [2.45, 2.75) is 31.8 Å². The second-order valence-corrected chi connectivity index (χ2v) is 5.29. The van der Waals surface area contributed by atoms with Gasteiger partial charge in [0, 0.05) is 11.6 Å². The zero-order valence-electron chi connectivity index (χ0n) is 10.0. The van der Waals surface area contributed by atoms with Crippen molar-refractivity contribution in [3.63, 3.8) is 0 Å². The van der Waals surface area contributed by atoms with Gasteiger partial charge in [-0.3, -0.25) is 0 Å². The van der Waals surface area contributed by atoms with E-state index in [9.17, 15) is 5.11 Å². The molecule has 0 saturated heterocycles. The lowest BCUT2D eigenvalue weighted by Crippen LogP contribution is -2.25. The van der Waals surface area contributed by atoms with Gasteiger partial charge in [0.05, 0.1) is 6.10 Å². The van der Waals surface area contributed by atoms with Crippen molar-refractivity contribution in [2.24, 2.45) is 5.92 Å². The summed E-state index contributed by atoms with van der Waals surface area (Å²) in [7, 11) is 0. The molecule has 1 aliphatic rings. The number of benzene rings is 1. The average molecular weight is 254 g/mol. The fourth-order valence-electron chi connectivity index (χ4n) is 2.13. The Morgan fingerprint density at radius 1 is 1.29 bits per heavy atom. The molecule has 0 heterocycles.